The molecule has 0 radical (unpaired) electrons. The molecule has 92 valence electrons. The van der Waals surface area contributed by atoms with Crippen molar-refractivity contribution in [3.05, 3.63) is 0 Å². The summed E-state index contributed by atoms with van der Waals surface area (Å²) in [5.74, 6) is -0.0687. The molecule has 1 fully saturated rings. The standard InChI is InChI=1S/C10H18ClN3O2/c1-2-13-5-7-14(8-6-13)10(16)12-9(15)3-4-11/h2-8H2,1H3,(H,12,15,16). The number of hydrogen-bond donors (Lipinski definition) is 1. The van der Waals surface area contributed by atoms with E-state index in [1.165, 1.54) is 0 Å². The van der Waals surface area contributed by atoms with Gasteiger partial charge in [-0.25, -0.2) is 4.79 Å². The van der Waals surface area contributed by atoms with Gasteiger partial charge in [0.25, 0.3) is 0 Å². The number of rotatable bonds is 3. The number of urea groups is 1. The van der Waals surface area contributed by atoms with Crippen molar-refractivity contribution < 1.29 is 9.59 Å². The van der Waals surface area contributed by atoms with E-state index < -0.39 is 0 Å². The van der Waals surface area contributed by atoms with E-state index in [4.69, 9.17) is 11.6 Å². The summed E-state index contributed by atoms with van der Waals surface area (Å²) >= 11 is 5.41. The molecule has 0 atom stereocenters. The van der Waals surface area contributed by atoms with Crippen molar-refractivity contribution in [2.75, 3.05) is 38.6 Å². The summed E-state index contributed by atoms with van der Waals surface area (Å²) in [4.78, 5) is 26.7. The van der Waals surface area contributed by atoms with Crippen LogP contribution in [0.4, 0.5) is 4.79 Å². The predicted octanol–water partition coefficient (Wildman–Crippen LogP) is 0.489. The maximum absolute atomic E-state index is 11.6. The number of nitrogens with zero attached hydrogens (tertiary/aromatic N) is 2. The highest BCUT2D eigenvalue weighted by Gasteiger charge is 2.21. The van der Waals surface area contributed by atoms with Gasteiger partial charge in [0.15, 0.2) is 0 Å². The van der Waals surface area contributed by atoms with Crippen LogP contribution < -0.4 is 5.32 Å². The fourth-order valence-corrected chi connectivity index (χ4v) is 1.79. The summed E-state index contributed by atoms with van der Waals surface area (Å²) in [6.45, 7) is 6.18. The third kappa shape index (κ3) is 3.98. The van der Waals surface area contributed by atoms with Crippen LogP contribution in [-0.4, -0.2) is 60.3 Å². The quantitative estimate of drug-likeness (QED) is 0.739. The second-order valence-electron chi connectivity index (χ2n) is 3.71. The number of likely N-dealkylation sites (N-methyl/N-ethyl adjacent to an activating group) is 1. The average Bonchev–Trinajstić information content (AvgIpc) is 2.29. The van der Waals surface area contributed by atoms with Crippen molar-refractivity contribution in [2.45, 2.75) is 13.3 Å². The third-order valence-corrected chi connectivity index (χ3v) is 2.86. The number of halogens is 1. The molecule has 1 aliphatic heterocycles. The molecule has 0 unspecified atom stereocenters. The second-order valence-corrected chi connectivity index (χ2v) is 4.09. The summed E-state index contributed by atoms with van der Waals surface area (Å²) in [6, 6.07) is -0.300. The van der Waals surface area contributed by atoms with E-state index in [-0.39, 0.29) is 24.2 Å². The van der Waals surface area contributed by atoms with Gasteiger partial charge >= 0.3 is 6.03 Å². The molecule has 1 aliphatic rings. The maximum Gasteiger partial charge on any atom is 0.324 e. The lowest BCUT2D eigenvalue weighted by Crippen LogP contribution is -2.52. The SMILES string of the molecule is CCN1CCN(C(=O)NC(=O)CCCl)CC1. The van der Waals surface area contributed by atoms with E-state index in [0.717, 1.165) is 19.6 Å². The molecule has 1 heterocycles. The summed E-state index contributed by atoms with van der Waals surface area (Å²) < 4.78 is 0. The second kappa shape index (κ2) is 6.70. The molecule has 6 heteroatoms. The van der Waals surface area contributed by atoms with Gasteiger partial charge in [0.1, 0.15) is 0 Å². The van der Waals surface area contributed by atoms with Crippen LogP contribution in [0, 0.1) is 0 Å². The molecule has 0 saturated carbocycles. The van der Waals surface area contributed by atoms with Crippen molar-refractivity contribution in [1.82, 2.24) is 15.1 Å². The van der Waals surface area contributed by atoms with Crippen LogP contribution in [0.2, 0.25) is 0 Å². The molecule has 0 aromatic carbocycles. The first-order chi connectivity index (χ1) is 7.67. The zero-order valence-electron chi connectivity index (χ0n) is 9.54. The van der Waals surface area contributed by atoms with Crippen LogP contribution in [0.15, 0.2) is 0 Å². The Morgan fingerprint density at radius 2 is 1.88 bits per heavy atom. The van der Waals surface area contributed by atoms with E-state index in [1.54, 1.807) is 4.90 Å². The van der Waals surface area contributed by atoms with Crippen molar-refractivity contribution in [1.29, 1.82) is 0 Å². The largest absolute Gasteiger partial charge is 0.324 e. The van der Waals surface area contributed by atoms with Crippen LogP contribution in [-0.2, 0) is 4.79 Å². The molecule has 3 amide bonds. The van der Waals surface area contributed by atoms with Crippen LogP contribution in [0.5, 0.6) is 0 Å². The minimum absolute atomic E-state index is 0.183. The average molecular weight is 248 g/mol. The van der Waals surface area contributed by atoms with Crippen LogP contribution in [0.25, 0.3) is 0 Å². The summed E-state index contributed by atoms with van der Waals surface area (Å²) in [5.41, 5.74) is 0. The number of carbonyl (C=O) groups is 2. The Hall–Kier alpha value is -0.810. The molecule has 16 heavy (non-hydrogen) atoms. The topological polar surface area (TPSA) is 52.6 Å². The minimum Gasteiger partial charge on any atom is -0.322 e. The molecular formula is C10H18ClN3O2. The fourth-order valence-electron chi connectivity index (χ4n) is 1.61. The molecule has 0 aromatic heterocycles. The van der Waals surface area contributed by atoms with Gasteiger partial charge in [0.2, 0.25) is 5.91 Å². The number of hydrogen-bond acceptors (Lipinski definition) is 3. The first-order valence-electron chi connectivity index (χ1n) is 5.54. The number of imide groups is 1. The van der Waals surface area contributed by atoms with Crippen molar-refractivity contribution >= 4 is 23.5 Å². The Kier molecular flexibility index (Phi) is 5.55. The number of carbonyl (C=O) groups excluding carboxylic acids is 2. The van der Waals surface area contributed by atoms with Gasteiger partial charge in [-0.15, -0.1) is 11.6 Å². The number of piperazine rings is 1. The third-order valence-electron chi connectivity index (χ3n) is 2.67. The van der Waals surface area contributed by atoms with Crippen molar-refractivity contribution in [2.24, 2.45) is 0 Å². The number of alkyl halides is 1. The van der Waals surface area contributed by atoms with Gasteiger partial charge in [0, 0.05) is 38.5 Å². The summed E-state index contributed by atoms with van der Waals surface area (Å²) in [7, 11) is 0. The molecule has 5 nitrogen and oxygen atoms in total. The smallest absolute Gasteiger partial charge is 0.322 e. The number of amides is 3. The van der Waals surface area contributed by atoms with Crippen LogP contribution >= 0.6 is 11.6 Å². The Morgan fingerprint density at radius 1 is 1.25 bits per heavy atom. The van der Waals surface area contributed by atoms with Crippen molar-refractivity contribution in [3.63, 3.8) is 0 Å². The zero-order chi connectivity index (χ0) is 12.0. The van der Waals surface area contributed by atoms with E-state index in [1.807, 2.05) is 0 Å². The number of nitrogens with one attached hydrogen (secondary N) is 1. The highest BCUT2D eigenvalue weighted by Crippen LogP contribution is 2.01. The van der Waals surface area contributed by atoms with E-state index in [9.17, 15) is 9.59 Å². The molecule has 0 bridgehead atoms. The van der Waals surface area contributed by atoms with E-state index in [2.05, 4.69) is 17.1 Å². The van der Waals surface area contributed by atoms with Crippen LogP contribution in [0.3, 0.4) is 0 Å². The lowest BCUT2D eigenvalue weighted by Gasteiger charge is -2.33. The zero-order valence-corrected chi connectivity index (χ0v) is 10.3. The van der Waals surface area contributed by atoms with Gasteiger partial charge in [-0.1, -0.05) is 6.92 Å². The van der Waals surface area contributed by atoms with Gasteiger partial charge < -0.3 is 9.80 Å². The molecule has 1 N–H and O–H groups in total. The molecule has 1 rings (SSSR count). The fraction of sp³-hybridized carbons (Fsp3) is 0.800. The van der Waals surface area contributed by atoms with E-state index >= 15 is 0 Å². The first kappa shape index (κ1) is 13.3. The first-order valence-corrected chi connectivity index (χ1v) is 6.08. The van der Waals surface area contributed by atoms with E-state index in [0.29, 0.717) is 13.1 Å². The lowest BCUT2D eigenvalue weighted by molar-refractivity contribution is -0.119. The summed E-state index contributed by atoms with van der Waals surface area (Å²) in [5, 5.41) is 2.33. The molecule has 1 saturated heterocycles. The Bertz CT molecular complexity index is 252. The van der Waals surface area contributed by atoms with Gasteiger partial charge in [-0.3, -0.25) is 10.1 Å². The molecule has 0 spiro atoms. The van der Waals surface area contributed by atoms with Gasteiger partial charge in [-0.05, 0) is 6.54 Å². The Labute approximate surface area is 101 Å². The maximum atomic E-state index is 11.6. The summed E-state index contributed by atoms with van der Waals surface area (Å²) in [6.07, 6.45) is 0.183. The predicted molar refractivity (Wildman–Crippen MR) is 62.6 cm³/mol. The highest BCUT2D eigenvalue weighted by molar-refractivity contribution is 6.19. The monoisotopic (exact) mass is 247 g/mol. The minimum atomic E-state index is -0.307. The molecular weight excluding hydrogens is 230 g/mol. The van der Waals surface area contributed by atoms with Gasteiger partial charge in [0.05, 0.1) is 0 Å². The highest BCUT2D eigenvalue weighted by atomic mass is 35.5. The lowest BCUT2D eigenvalue weighted by atomic mass is 10.3. The normalized spacial score (nSPS) is 17.2. The Balaban J connectivity index is 2.30. The van der Waals surface area contributed by atoms with Crippen molar-refractivity contribution in [3.8, 4) is 0 Å². The molecule has 0 aliphatic carbocycles. The Morgan fingerprint density at radius 3 is 2.38 bits per heavy atom. The van der Waals surface area contributed by atoms with Crippen LogP contribution in [0.1, 0.15) is 13.3 Å². The molecule has 0 aromatic rings. The van der Waals surface area contributed by atoms with Gasteiger partial charge in [-0.2, -0.15) is 0 Å².